The largest absolute Gasteiger partial charge is 0.456 e. The molecule has 11 rings (SSSR count). The highest BCUT2D eigenvalue weighted by molar-refractivity contribution is 7.25. The van der Waals surface area contributed by atoms with Crippen LogP contribution in [0.4, 0.5) is 17.1 Å². The summed E-state index contributed by atoms with van der Waals surface area (Å²) in [6, 6.07) is 67.5. The van der Waals surface area contributed by atoms with Gasteiger partial charge in [-0.1, -0.05) is 127 Å². The van der Waals surface area contributed by atoms with E-state index in [-0.39, 0.29) is 0 Å². The number of hydrogen-bond donors (Lipinski definition) is 0. The molecule has 0 unspecified atom stereocenters. The molecule has 11 aromatic rings. The summed E-state index contributed by atoms with van der Waals surface area (Å²) in [6.45, 7) is 0. The maximum absolute atomic E-state index is 6.64. The summed E-state index contributed by atoms with van der Waals surface area (Å²) in [4.78, 5) is 17.2. The number of para-hydroxylation sites is 1. The number of nitrogens with zero attached hydrogens (tertiary/aromatic N) is 4. The molecule has 0 aliphatic rings. The van der Waals surface area contributed by atoms with Crippen molar-refractivity contribution in [3.05, 3.63) is 194 Å². The van der Waals surface area contributed by atoms with Crippen LogP contribution in [0, 0.1) is 0 Å². The van der Waals surface area contributed by atoms with Crippen LogP contribution in [-0.4, -0.2) is 15.0 Å². The Balaban J connectivity index is 1.07. The van der Waals surface area contributed by atoms with Crippen molar-refractivity contribution < 1.29 is 4.42 Å². The molecule has 3 heterocycles. The van der Waals surface area contributed by atoms with Gasteiger partial charge in [-0.3, -0.25) is 0 Å². The Morgan fingerprint density at radius 2 is 0.947 bits per heavy atom. The summed E-state index contributed by atoms with van der Waals surface area (Å²) in [7, 11) is 0. The Bertz CT molecular complexity index is 3190. The van der Waals surface area contributed by atoms with Crippen molar-refractivity contribution in [2.24, 2.45) is 0 Å². The van der Waals surface area contributed by atoms with E-state index < -0.39 is 0 Å². The molecule has 3 aromatic heterocycles. The van der Waals surface area contributed by atoms with Crippen molar-refractivity contribution >= 4 is 70.5 Å². The van der Waals surface area contributed by atoms with Crippen LogP contribution < -0.4 is 4.90 Å². The first-order valence-electron chi connectivity index (χ1n) is 18.9. The molecule has 0 fully saturated rings. The highest BCUT2D eigenvalue weighted by atomic mass is 32.1. The first kappa shape index (κ1) is 33.0. The number of aromatic nitrogens is 3. The zero-order valence-electron chi connectivity index (χ0n) is 30.6. The van der Waals surface area contributed by atoms with E-state index in [0.717, 1.165) is 66.8 Å². The van der Waals surface area contributed by atoms with E-state index in [1.165, 1.54) is 20.2 Å². The second kappa shape index (κ2) is 13.7. The van der Waals surface area contributed by atoms with Gasteiger partial charge in [-0.05, 0) is 66.2 Å². The Hall–Kier alpha value is -7.41. The van der Waals surface area contributed by atoms with Gasteiger partial charge in [0.05, 0.1) is 5.69 Å². The number of rotatable bonds is 7. The van der Waals surface area contributed by atoms with Gasteiger partial charge in [-0.25, -0.2) is 15.0 Å². The molecular formula is C51H32N4OS. The lowest BCUT2D eigenvalue weighted by Crippen LogP contribution is -2.11. The maximum atomic E-state index is 6.64. The van der Waals surface area contributed by atoms with E-state index in [4.69, 9.17) is 19.4 Å². The minimum Gasteiger partial charge on any atom is -0.456 e. The minimum atomic E-state index is 0.607. The summed E-state index contributed by atoms with van der Waals surface area (Å²) in [6.07, 6.45) is 0. The van der Waals surface area contributed by atoms with Gasteiger partial charge >= 0.3 is 0 Å². The van der Waals surface area contributed by atoms with Gasteiger partial charge in [-0.2, -0.15) is 0 Å². The highest BCUT2D eigenvalue weighted by Gasteiger charge is 2.21. The van der Waals surface area contributed by atoms with E-state index >= 15 is 0 Å². The molecule has 0 aliphatic heterocycles. The second-order valence-electron chi connectivity index (χ2n) is 14.0. The van der Waals surface area contributed by atoms with Gasteiger partial charge in [-0.15, -0.1) is 11.3 Å². The quantitative estimate of drug-likeness (QED) is 0.162. The molecule has 0 radical (unpaired) electrons. The first-order chi connectivity index (χ1) is 28.2. The molecule has 0 bridgehead atoms. The zero-order valence-corrected chi connectivity index (χ0v) is 31.4. The van der Waals surface area contributed by atoms with Crippen molar-refractivity contribution in [3.63, 3.8) is 0 Å². The summed E-state index contributed by atoms with van der Waals surface area (Å²) >= 11 is 1.83. The minimum absolute atomic E-state index is 0.607. The Kier molecular flexibility index (Phi) is 7.93. The predicted molar refractivity (Wildman–Crippen MR) is 236 cm³/mol. The number of furan rings is 1. The van der Waals surface area contributed by atoms with Gasteiger partial charge in [0.2, 0.25) is 0 Å². The Morgan fingerprint density at radius 1 is 0.368 bits per heavy atom. The molecule has 0 N–H and O–H groups in total. The average Bonchev–Trinajstić information content (AvgIpc) is 3.85. The van der Waals surface area contributed by atoms with Crippen LogP contribution in [0.15, 0.2) is 199 Å². The second-order valence-corrected chi connectivity index (χ2v) is 15.1. The van der Waals surface area contributed by atoms with Crippen LogP contribution >= 0.6 is 11.3 Å². The topological polar surface area (TPSA) is 55.1 Å². The third-order valence-corrected chi connectivity index (χ3v) is 11.7. The van der Waals surface area contributed by atoms with Crippen LogP contribution in [0.3, 0.4) is 0 Å². The van der Waals surface area contributed by atoms with Gasteiger partial charge in [0.1, 0.15) is 11.2 Å². The summed E-state index contributed by atoms with van der Waals surface area (Å²) in [5.41, 5.74) is 9.82. The first-order valence-corrected chi connectivity index (χ1v) is 19.7. The molecular weight excluding hydrogens is 717 g/mol. The molecule has 8 aromatic carbocycles. The van der Waals surface area contributed by atoms with Crippen LogP contribution in [0.2, 0.25) is 0 Å². The third kappa shape index (κ3) is 5.91. The average molecular weight is 749 g/mol. The lowest BCUT2D eigenvalue weighted by Gasteiger charge is -2.28. The molecule has 0 saturated heterocycles. The molecule has 6 heteroatoms. The van der Waals surface area contributed by atoms with E-state index in [0.29, 0.717) is 17.5 Å². The van der Waals surface area contributed by atoms with Crippen LogP contribution in [0.5, 0.6) is 0 Å². The highest BCUT2D eigenvalue weighted by Crippen LogP contribution is 2.45. The van der Waals surface area contributed by atoms with Crippen molar-refractivity contribution in [2.45, 2.75) is 0 Å². The normalized spacial score (nSPS) is 11.5. The zero-order chi connectivity index (χ0) is 37.7. The van der Waals surface area contributed by atoms with E-state index in [1.807, 2.05) is 84.1 Å². The number of anilines is 3. The van der Waals surface area contributed by atoms with Crippen molar-refractivity contribution in [1.82, 2.24) is 15.0 Å². The fraction of sp³-hybridized carbons (Fsp3) is 0. The van der Waals surface area contributed by atoms with Gasteiger partial charge in [0.25, 0.3) is 0 Å². The van der Waals surface area contributed by atoms with Crippen molar-refractivity contribution in [2.75, 3.05) is 4.90 Å². The SMILES string of the molecule is c1ccc(-c2nc(-c3ccccc3)nc(-c3ccc4oc5cc(N(c6ccc7sc8ccccc8c7c6)c6ccccc6-c6ccccc6)ccc5c4c3)n2)cc1. The van der Waals surface area contributed by atoms with Gasteiger partial charge < -0.3 is 9.32 Å². The molecule has 0 atom stereocenters. The van der Waals surface area contributed by atoms with Gasteiger partial charge in [0, 0.05) is 70.6 Å². The Morgan fingerprint density at radius 3 is 1.68 bits per heavy atom. The fourth-order valence-electron chi connectivity index (χ4n) is 7.79. The summed E-state index contributed by atoms with van der Waals surface area (Å²) in [5.74, 6) is 1.87. The smallest absolute Gasteiger partial charge is 0.164 e. The predicted octanol–water partition coefficient (Wildman–Crippen LogP) is 14.3. The molecule has 5 nitrogen and oxygen atoms in total. The van der Waals surface area contributed by atoms with Crippen molar-refractivity contribution in [1.29, 1.82) is 0 Å². The van der Waals surface area contributed by atoms with Crippen LogP contribution in [0.1, 0.15) is 0 Å². The number of thiophene rings is 1. The third-order valence-electron chi connectivity index (χ3n) is 10.5. The maximum Gasteiger partial charge on any atom is 0.164 e. The fourth-order valence-corrected chi connectivity index (χ4v) is 8.88. The summed E-state index contributed by atoms with van der Waals surface area (Å²) < 4.78 is 9.20. The number of benzene rings is 8. The molecule has 268 valence electrons. The molecule has 0 spiro atoms. The van der Waals surface area contributed by atoms with Gasteiger partial charge in [0.15, 0.2) is 17.5 Å². The standard InChI is InChI=1S/C51H32N4OS/c1-4-14-33(15-5-1)39-20-10-12-22-44(39)55(37-26-29-48-43(31-37)41-21-11-13-23-47(41)57-48)38-25-27-40-42-30-36(24-28-45(42)56-46(40)32-38)51-53-49(34-16-6-2-7-17-34)52-50(54-51)35-18-8-3-9-19-35/h1-32H. The van der Waals surface area contributed by atoms with Crippen molar-refractivity contribution in [3.8, 4) is 45.3 Å². The lowest BCUT2D eigenvalue weighted by atomic mass is 10.0. The molecule has 0 amide bonds. The molecule has 57 heavy (non-hydrogen) atoms. The van der Waals surface area contributed by atoms with E-state index in [1.54, 1.807) is 0 Å². The monoisotopic (exact) mass is 748 g/mol. The van der Waals surface area contributed by atoms with E-state index in [9.17, 15) is 0 Å². The molecule has 0 aliphatic carbocycles. The van der Waals surface area contributed by atoms with Crippen LogP contribution in [0.25, 0.3) is 87.4 Å². The molecule has 0 saturated carbocycles. The Labute approximate surface area is 332 Å². The number of hydrogen-bond acceptors (Lipinski definition) is 6. The van der Waals surface area contributed by atoms with Crippen LogP contribution in [-0.2, 0) is 0 Å². The summed E-state index contributed by atoms with van der Waals surface area (Å²) in [5, 5.41) is 4.53. The lowest BCUT2D eigenvalue weighted by molar-refractivity contribution is 0.669. The van der Waals surface area contributed by atoms with E-state index in [2.05, 4.69) is 126 Å². The number of fused-ring (bicyclic) bond motifs is 6.